The van der Waals surface area contributed by atoms with Gasteiger partial charge in [0, 0.05) is 10.4 Å². The summed E-state index contributed by atoms with van der Waals surface area (Å²) < 4.78 is 13.0. The highest BCUT2D eigenvalue weighted by Crippen LogP contribution is 2.35. The summed E-state index contributed by atoms with van der Waals surface area (Å²) in [5.74, 6) is 0.106. The molecule has 30 heavy (non-hydrogen) atoms. The van der Waals surface area contributed by atoms with E-state index in [2.05, 4.69) is 4.99 Å². The van der Waals surface area contributed by atoms with Gasteiger partial charge in [0.1, 0.15) is 11.8 Å². The summed E-state index contributed by atoms with van der Waals surface area (Å²) in [6.07, 6.45) is 1.86. The number of esters is 1. The molecule has 3 heterocycles. The van der Waals surface area contributed by atoms with Crippen molar-refractivity contribution in [2.75, 3.05) is 13.7 Å². The van der Waals surface area contributed by atoms with Crippen LogP contribution >= 0.6 is 22.7 Å². The lowest BCUT2D eigenvalue weighted by atomic mass is 9.95. The fraction of sp³-hybridized carbons (Fsp3) is 0.227. The molecule has 0 spiro atoms. The Bertz CT molecular complexity index is 1300. The van der Waals surface area contributed by atoms with Gasteiger partial charge in [-0.3, -0.25) is 9.36 Å². The minimum atomic E-state index is -0.679. The predicted octanol–water partition coefficient (Wildman–Crippen LogP) is 2.87. The van der Waals surface area contributed by atoms with Crippen molar-refractivity contribution in [2.45, 2.75) is 19.9 Å². The molecule has 0 saturated carbocycles. The summed E-state index contributed by atoms with van der Waals surface area (Å²) in [7, 11) is 1.57. The number of para-hydroxylation sites is 1. The molecule has 1 unspecified atom stereocenters. The third-order valence-electron chi connectivity index (χ3n) is 4.77. The molecule has 4 rings (SSSR count). The SMILES string of the molecule is CCOC(=O)C1=C(C)N=c2s/c(=C/c3cccs3)c(=O)n2C1c1ccccc1OC. The van der Waals surface area contributed by atoms with Gasteiger partial charge in [-0.2, -0.15) is 0 Å². The molecule has 3 aromatic rings. The fourth-order valence-corrected chi connectivity index (χ4v) is 5.25. The average Bonchev–Trinajstić information content (AvgIpc) is 3.35. The quantitative estimate of drug-likeness (QED) is 0.572. The Morgan fingerprint density at radius 3 is 2.77 bits per heavy atom. The number of hydrogen-bond donors (Lipinski definition) is 0. The zero-order chi connectivity index (χ0) is 21.3. The van der Waals surface area contributed by atoms with E-state index in [1.54, 1.807) is 36.9 Å². The third kappa shape index (κ3) is 3.53. The van der Waals surface area contributed by atoms with E-state index >= 15 is 0 Å². The topological polar surface area (TPSA) is 69.9 Å². The Morgan fingerprint density at radius 1 is 1.27 bits per heavy atom. The molecule has 0 saturated heterocycles. The number of nitrogens with zero attached hydrogens (tertiary/aromatic N) is 2. The zero-order valence-electron chi connectivity index (χ0n) is 16.7. The summed E-state index contributed by atoms with van der Waals surface area (Å²) in [5, 5.41) is 1.96. The van der Waals surface area contributed by atoms with E-state index in [4.69, 9.17) is 9.47 Å². The second-order valence-corrected chi connectivity index (χ2v) is 8.55. The molecule has 1 aromatic carbocycles. The maximum atomic E-state index is 13.4. The van der Waals surface area contributed by atoms with Gasteiger partial charge in [0.15, 0.2) is 4.80 Å². The van der Waals surface area contributed by atoms with E-state index in [1.165, 1.54) is 11.3 Å². The average molecular weight is 441 g/mol. The van der Waals surface area contributed by atoms with Crippen LogP contribution in [0.3, 0.4) is 0 Å². The highest BCUT2D eigenvalue weighted by molar-refractivity contribution is 7.11. The van der Waals surface area contributed by atoms with E-state index in [0.717, 1.165) is 4.88 Å². The first kappa shape index (κ1) is 20.3. The Labute approximate surface area is 181 Å². The van der Waals surface area contributed by atoms with E-state index < -0.39 is 12.0 Å². The largest absolute Gasteiger partial charge is 0.496 e. The van der Waals surface area contributed by atoms with Gasteiger partial charge in [0.25, 0.3) is 5.56 Å². The van der Waals surface area contributed by atoms with Crippen LogP contribution in [0.1, 0.15) is 30.3 Å². The number of carbonyl (C=O) groups is 1. The standard InChI is InChI=1S/C22H20N2O4S2/c1-4-28-21(26)18-13(2)23-22-24(19(18)15-9-5-6-10-16(15)27-3)20(25)17(30-22)12-14-8-7-11-29-14/h5-12,19H,4H2,1-3H3/b17-12+. The monoisotopic (exact) mass is 440 g/mol. The Morgan fingerprint density at radius 2 is 2.07 bits per heavy atom. The van der Waals surface area contributed by atoms with Crippen LogP contribution in [0.2, 0.25) is 0 Å². The second kappa shape index (κ2) is 8.41. The summed E-state index contributed by atoms with van der Waals surface area (Å²) in [5.41, 5.74) is 1.39. The van der Waals surface area contributed by atoms with E-state index in [-0.39, 0.29) is 12.2 Å². The van der Waals surface area contributed by atoms with Crippen molar-refractivity contribution in [3.8, 4) is 5.75 Å². The first-order valence-corrected chi connectivity index (χ1v) is 11.1. The lowest BCUT2D eigenvalue weighted by Gasteiger charge is -2.25. The van der Waals surface area contributed by atoms with Crippen LogP contribution in [0.5, 0.6) is 5.75 Å². The smallest absolute Gasteiger partial charge is 0.338 e. The molecule has 6 nitrogen and oxygen atoms in total. The lowest BCUT2D eigenvalue weighted by Crippen LogP contribution is -2.40. The first-order valence-electron chi connectivity index (χ1n) is 9.41. The molecule has 1 aliphatic rings. The minimum absolute atomic E-state index is 0.197. The Hall–Kier alpha value is -2.97. The van der Waals surface area contributed by atoms with Crippen molar-refractivity contribution in [1.29, 1.82) is 0 Å². The molecule has 8 heteroatoms. The lowest BCUT2D eigenvalue weighted by molar-refractivity contribution is -0.139. The molecular formula is C22H20N2O4S2. The highest BCUT2D eigenvalue weighted by Gasteiger charge is 2.34. The predicted molar refractivity (Wildman–Crippen MR) is 118 cm³/mol. The number of aromatic nitrogens is 1. The molecule has 0 bridgehead atoms. The van der Waals surface area contributed by atoms with Gasteiger partial charge in [0.2, 0.25) is 0 Å². The number of thiazole rings is 1. The van der Waals surface area contributed by atoms with Gasteiger partial charge >= 0.3 is 5.97 Å². The third-order valence-corrected chi connectivity index (χ3v) is 6.57. The Balaban J connectivity index is 2.01. The van der Waals surface area contributed by atoms with E-state index in [0.29, 0.717) is 31.9 Å². The molecular weight excluding hydrogens is 420 g/mol. The van der Waals surface area contributed by atoms with Crippen LogP contribution in [0.4, 0.5) is 0 Å². The Kier molecular flexibility index (Phi) is 5.69. The molecule has 154 valence electrons. The van der Waals surface area contributed by atoms with E-state index in [9.17, 15) is 9.59 Å². The van der Waals surface area contributed by atoms with Gasteiger partial charge in [0.05, 0.1) is 29.5 Å². The molecule has 0 amide bonds. The summed E-state index contributed by atoms with van der Waals surface area (Å²) >= 11 is 2.87. The van der Waals surface area contributed by atoms with Crippen molar-refractivity contribution >= 4 is 34.7 Å². The molecule has 0 radical (unpaired) electrons. The summed E-state index contributed by atoms with van der Waals surface area (Å²) in [6, 6.07) is 10.6. The molecule has 0 N–H and O–H groups in total. The van der Waals surface area contributed by atoms with Crippen molar-refractivity contribution in [3.63, 3.8) is 0 Å². The number of fused-ring (bicyclic) bond motifs is 1. The molecule has 1 aliphatic heterocycles. The van der Waals surface area contributed by atoms with Crippen LogP contribution in [0, 0.1) is 0 Å². The van der Waals surface area contributed by atoms with Gasteiger partial charge in [-0.15, -0.1) is 11.3 Å². The minimum Gasteiger partial charge on any atom is -0.496 e. The molecule has 2 aromatic heterocycles. The van der Waals surface area contributed by atoms with Gasteiger partial charge in [-0.05, 0) is 37.4 Å². The van der Waals surface area contributed by atoms with Gasteiger partial charge in [-0.1, -0.05) is 35.6 Å². The number of benzene rings is 1. The molecule has 0 fully saturated rings. The van der Waals surface area contributed by atoms with Gasteiger partial charge in [-0.25, -0.2) is 9.79 Å². The summed E-state index contributed by atoms with van der Waals surface area (Å²) in [6.45, 7) is 3.75. The fourth-order valence-electron chi connectivity index (χ4n) is 3.48. The highest BCUT2D eigenvalue weighted by atomic mass is 32.1. The number of rotatable bonds is 5. The van der Waals surface area contributed by atoms with Crippen LogP contribution in [-0.4, -0.2) is 24.3 Å². The van der Waals surface area contributed by atoms with Crippen molar-refractivity contribution in [3.05, 3.63) is 83.2 Å². The maximum absolute atomic E-state index is 13.4. The number of ether oxygens (including phenoxy) is 2. The van der Waals surface area contributed by atoms with E-state index in [1.807, 2.05) is 47.9 Å². The van der Waals surface area contributed by atoms with Crippen molar-refractivity contribution < 1.29 is 14.3 Å². The normalized spacial score (nSPS) is 16.2. The maximum Gasteiger partial charge on any atom is 0.338 e. The number of allylic oxidation sites excluding steroid dienone is 1. The number of thiophene rings is 1. The van der Waals surface area contributed by atoms with Crippen LogP contribution in [-0.2, 0) is 9.53 Å². The second-order valence-electron chi connectivity index (χ2n) is 6.56. The van der Waals surface area contributed by atoms with Crippen LogP contribution in [0.15, 0.2) is 62.8 Å². The van der Waals surface area contributed by atoms with Crippen molar-refractivity contribution in [2.24, 2.45) is 4.99 Å². The first-order chi connectivity index (χ1) is 14.5. The van der Waals surface area contributed by atoms with Crippen molar-refractivity contribution in [1.82, 2.24) is 4.57 Å². The number of methoxy groups -OCH3 is 1. The van der Waals surface area contributed by atoms with Crippen LogP contribution in [0.25, 0.3) is 6.08 Å². The van der Waals surface area contributed by atoms with Gasteiger partial charge < -0.3 is 9.47 Å². The number of carbonyl (C=O) groups excluding carboxylic acids is 1. The molecule has 1 atom stereocenters. The molecule has 0 aliphatic carbocycles. The summed E-state index contributed by atoms with van der Waals surface area (Å²) in [4.78, 5) is 32.4. The number of hydrogen-bond acceptors (Lipinski definition) is 7. The van der Waals surface area contributed by atoms with Crippen LogP contribution < -0.4 is 19.6 Å². The zero-order valence-corrected chi connectivity index (χ0v) is 18.4.